The molecule has 1 saturated heterocycles. The number of benzene rings is 2. The van der Waals surface area contributed by atoms with Gasteiger partial charge in [-0.3, -0.25) is 9.69 Å². The number of hydrogen-bond acceptors (Lipinski definition) is 5. The van der Waals surface area contributed by atoms with E-state index in [-0.39, 0.29) is 43.0 Å². The van der Waals surface area contributed by atoms with E-state index in [0.717, 1.165) is 18.8 Å². The van der Waals surface area contributed by atoms with E-state index < -0.39 is 11.6 Å². The van der Waals surface area contributed by atoms with Gasteiger partial charge >= 0.3 is 5.97 Å². The molecule has 31 heavy (non-hydrogen) atoms. The Balaban J connectivity index is 1.46. The van der Waals surface area contributed by atoms with E-state index in [9.17, 15) is 18.4 Å². The first-order chi connectivity index (χ1) is 14.9. The highest BCUT2D eigenvalue weighted by Gasteiger charge is 2.25. The smallest absolute Gasteiger partial charge is 0.337 e. The molecule has 0 radical (unpaired) electrons. The van der Waals surface area contributed by atoms with Crippen LogP contribution in [0.5, 0.6) is 0 Å². The van der Waals surface area contributed by atoms with Gasteiger partial charge in [-0.2, -0.15) is 0 Å². The minimum Gasteiger partial charge on any atom is -0.465 e. The van der Waals surface area contributed by atoms with E-state index in [1.54, 1.807) is 12.1 Å². The highest BCUT2D eigenvalue weighted by Crippen LogP contribution is 2.20. The normalized spacial score (nSPS) is 16.8. The number of carbonyl (C=O) groups excluding carboxylic acids is 2. The Kier molecular flexibility index (Phi) is 7.57. The summed E-state index contributed by atoms with van der Waals surface area (Å²) in [5, 5.41) is 2.75. The molecule has 0 bridgehead atoms. The van der Waals surface area contributed by atoms with Crippen molar-refractivity contribution < 1.29 is 23.1 Å². The average Bonchev–Trinajstić information content (AvgIpc) is 2.76. The topological polar surface area (TPSA) is 61.9 Å². The predicted octanol–water partition coefficient (Wildman–Crippen LogP) is 2.62. The van der Waals surface area contributed by atoms with Gasteiger partial charge in [-0.05, 0) is 49.7 Å². The first kappa shape index (κ1) is 22.7. The van der Waals surface area contributed by atoms with Crippen molar-refractivity contribution in [2.45, 2.75) is 19.4 Å². The molecule has 0 spiro atoms. The number of ether oxygens (including phenoxy) is 1. The van der Waals surface area contributed by atoms with Gasteiger partial charge in [0.1, 0.15) is 11.6 Å². The lowest BCUT2D eigenvalue weighted by atomic mass is 10.1. The largest absolute Gasteiger partial charge is 0.465 e. The maximum Gasteiger partial charge on any atom is 0.337 e. The molecule has 8 heteroatoms. The molecule has 6 nitrogen and oxygen atoms in total. The molecule has 1 atom stereocenters. The standard InChI is InChI=1S/C23H27F2N3O3/c1-16-14-28(18-8-6-17(7-9-18)23(30)31-2)13-12-27(16)15-22(29)26-11-10-19-20(24)4-3-5-21(19)25/h3-9,16H,10-15H2,1-2H3,(H,26,29). The van der Waals surface area contributed by atoms with Gasteiger partial charge < -0.3 is 15.0 Å². The molecular formula is C23H27F2N3O3. The summed E-state index contributed by atoms with van der Waals surface area (Å²) in [4.78, 5) is 28.2. The first-order valence-corrected chi connectivity index (χ1v) is 10.3. The van der Waals surface area contributed by atoms with E-state index >= 15 is 0 Å². The zero-order chi connectivity index (χ0) is 22.4. The quantitative estimate of drug-likeness (QED) is 0.683. The second-order valence-electron chi connectivity index (χ2n) is 7.60. The number of carbonyl (C=O) groups is 2. The number of nitrogens with zero attached hydrogens (tertiary/aromatic N) is 2. The molecule has 2 aromatic carbocycles. The fourth-order valence-corrected chi connectivity index (χ4v) is 3.73. The Morgan fingerprint density at radius 2 is 1.77 bits per heavy atom. The molecule has 0 aliphatic carbocycles. The van der Waals surface area contributed by atoms with Crippen molar-refractivity contribution in [2.24, 2.45) is 0 Å². The molecule has 0 saturated carbocycles. The molecule has 1 fully saturated rings. The second-order valence-corrected chi connectivity index (χ2v) is 7.60. The van der Waals surface area contributed by atoms with Crippen molar-refractivity contribution in [1.82, 2.24) is 10.2 Å². The van der Waals surface area contributed by atoms with Crippen LogP contribution in [0.3, 0.4) is 0 Å². The van der Waals surface area contributed by atoms with Gasteiger partial charge in [0.2, 0.25) is 5.91 Å². The van der Waals surface area contributed by atoms with Crippen molar-refractivity contribution >= 4 is 17.6 Å². The van der Waals surface area contributed by atoms with Gasteiger partial charge in [0.25, 0.3) is 0 Å². The summed E-state index contributed by atoms with van der Waals surface area (Å²) in [5.74, 6) is -1.73. The van der Waals surface area contributed by atoms with E-state index in [1.807, 2.05) is 12.1 Å². The van der Waals surface area contributed by atoms with Crippen molar-refractivity contribution in [3.05, 3.63) is 65.2 Å². The zero-order valence-electron chi connectivity index (χ0n) is 17.7. The molecule has 1 unspecified atom stereocenters. The number of hydrogen-bond donors (Lipinski definition) is 1. The molecular weight excluding hydrogens is 404 g/mol. The Bertz CT molecular complexity index is 901. The van der Waals surface area contributed by atoms with E-state index in [0.29, 0.717) is 12.1 Å². The minimum atomic E-state index is -0.599. The van der Waals surface area contributed by atoms with Crippen LogP contribution in [-0.2, 0) is 16.0 Å². The Labute approximate surface area is 180 Å². The zero-order valence-corrected chi connectivity index (χ0v) is 17.7. The number of amides is 1. The predicted molar refractivity (Wildman–Crippen MR) is 114 cm³/mol. The first-order valence-electron chi connectivity index (χ1n) is 10.3. The molecule has 1 amide bonds. The van der Waals surface area contributed by atoms with Crippen molar-refractivity contribution in [3.8, 4) is 0 Å². The average molecular weight is 431 g/mol. The third-order valence-corrected chi connectivity index (χ3v) is 5.52. The summed E-state index contributed by atoms with van der Waals surface area (Å²) in [6.45, 7) is 4.65. The summed E-state index contributed by atoms with van der Waals surface area (Å²) >= 11 is 0. The molecule has 1 aliphatic rings. The van der Waals surface area contributed by atoms with Crippen LogP contribution in [0, 0.1) is 11.6 Å². The number of esters is 1. The molecule has 2 aromatic rings. The summed E-state index contributed by atoms with van der Waals surface area (Å²) < 4.78 is 32.1. The van der Waals surface area contributed by atoms with Gasteiger partial charge in [-0.15, -0.1) is 0 Å². The van der Waals surface area contributed by atoms with Crippen LogP contribution >= 0.6 is 0 Å². The Morgan fingerprint density at radius 1 is 1.10 bits per heavy atom. The van der Waals surface area contributed by atoms with E-state index in [4.69, 9.17) is 4.74 Å². The van der Waals surface area contributed by atoms with E-state index in [2.05, 4.69) is 22.0 Å². The van der Waals surface area contributed by atoms with Crippen molar-refractivity contribution in [3.63, 3.8) is 0 Å². The van der Waals surface area contributed by atoms with Gasteiger partial charge in [0.15, 0.2) is 0 Å². The molecule has 3 rings (SSSR count). The van der Waals surface area contributed by atoms with Crippen LogP contribution in [0.1, 0.15) is 22.8 Å². The van der Waals surface area contributed by atoms with Crippen LogP contribution in [0.4, 0.5) is 14.5 Å². The number of methoxy groups -OCH3 is 1. The van der Waals surface area contributed by atoms with Crippen LogP contribution in [0.2, 0.25) is 0 Å². The van der Waals surface area contributed by atoms with Crippen LogP contribution < -0.4 is 10.2 Å². The lowest BCUT2D eigenvalue weighted by Crippen LogP contribution is -2.54. The minimum absolute atomic E-state index is 0.0111. The highest BCUT2D eigenvalue weighted by atomic mass is 19.1. The van der Waals surface area contributed by atoms with Crippen LogP contribution in [0.15, 0.2) is 42.5 Å². The molecule has 1 heterocycles. The van der Waals surface area contributed by atoms with Crippen LogP contribution in [0.25, 0.3) is 0 Å². The van der Waals surface area contributed by atoms with Crippen molar-refractivity contribution in [2.75, 3.05) is 44.7 Å². The van der Waals surface area contributed by atoms with Crippen LogP contribution in [-0.4, -0.2) is 62.7 Å². The lowest BCUT2D eigenvalue weighted by molar-refractivity contribution is -0.122. The Morgan fingerprint density at radius 3 is 2.39 bits per heavy atom. The van der Waals surface area contributed by atoms with E-state index in [1.165, 1.54) is 25.3 Å². The lowest BCUT2D eigenvalue weighted by Gasteiger charge is -2.40. The summed E-state index contributed by atoms with van der Waals surface area (Å²) in [6, 6.07) is 11.2. The summed E-state index contributed by atoms with van der Waals surface area (Å²) in [6.07, 6.45) is 0.106. The second kappa shape index (κ2) is 10.3. The van der Waals surface area contributed by atoms with Gasteiger partial charge in [-0.1, -0.05) is 6.07 Å². The number of nitrogens with one attached hydrogen (secondary N) is 1. The Hall–Kier alpha value is -3.00. The highest BCUT2D eigenvalue weighted by molar-refractivity contribution is 5.89. The number of halogens is 2. The van der Waals surface area contributed by atoms with Gasteiger partial charge in [0, 0.05) is 43.5 Å². The monoisotopic (exact) mass is 431 g/mol. The van der Waals surface area contributed by atoms with Crippen molar-refractivity contribution in [1.29, 1.82) is 0 Å². The number of piperazine rings is 1. The number of rotatable bonds is 7. The molecule has 1 aliphatic heterocycles. The molecule has 166 valence electrons. The summed E-state index contributed by atoms with van der Waals surface area (Å²) in [5.41, 5.74) is 1.50. The summed E-state index contributed by atoms with van der Waals surface area (Å²) in [7, 11) is 1.35. The molecule has 1 N–H and O–H groups in total. The third kappa shape index (κ3) is 5.79. The number of anilines is 1. The van der Waals surface area contributed by atoms with Gasteiger partial charge in [0.05, 0.1) is 19.2 Å². The fraction of sp³-hybridized carbons (Fsp3) is 0.391. The maximum absolute atomic E-state index is 13.7. The third-order valence-electron chi connectivity index (χ3n) is 5.52. The van der Waals surface area contributed by atoms with Gasteiger partial charge in [-0.25, -0.2) is 13.6 Å². The maximum atomic E-state index is 13.7. The molecule has 0 aromatic heterocycles. The fourth-order valence-electron chi connectivity index (χ4n) is 3.73. The SMILES string of the molecule is COC(=O)c1ccc(N2CCN(CC(=O)NCCc3c(F)cccc3F)C(C)C2)cc1.